The van der Waals surface area contributed by atoms with E-state index in [4.69, 9.17) is 29.4 Å². The summed E-state index contributed by atoms with van der Waals surface area (Å²) in [6.07, 6.45) is 10.1. The lowest BCUT2D eigenvalue weighted by Gasteiger charge is -2.34. The summed E-state index contributed by atoms with van der Waals surface area (Å²) in [6, 6.07) is 0. The molecule has 0 saturated heterocycles. The van der Waals surface area contributed by atoms with Crippen LogP contribution in [-0.4, -0.2) is 80.4 Å². The zero-order valence-corrected chi connectivity index (χ0v) is 26.4. The lowest BCUT2D eigenvalue weighted by atomic mass is 9.93. The van der Waals surface area contributed by atoms with E-state index in [0.29, 0.717) is 6.54 Å². The van der Waals surface area contributed by atoms with E-state index in [2.05, 4.69) is 62.3 Å². The highest BCUT2D eigenvalue weighted by Crippen LogP contribution is 2.32. The molecule has 0 aromatic heterocycles. The highest BCUT2D eigenvalue weighted by molar-refractivity contribution is 7.38. The number of ether oxygens (including phenoxy) is 5. The van der Waals surface area contributed by atoms with Crippen LogP contribution in [0.4, 0.5) is 0 Å². The predicted molar refractivity (Wildman–Crippen MR) is 155 cm³/mol. The van der Waals surface area contributed by atoms with Crippen molar-refractivity contribution in [2.75, 3.05) is 37.8 Å². The first-order valence-electron chi connectivity index (χ1n) is 13.9. The third-order valence-corrected chi connectivity index (χ3v) is 7.87. The Morgan fingerprint density at radius 3 is 1.26 bits per heavy atom. The average Bonchev–Trinajstić information content (AvgIpc) is 2.71. The summed E-state index contributed by atoms with van der Waals surface area (Å²) in [5.74, 6) is 0. The van der Waals surface area contributed by atoms with Crippen LogP contribution in [0.5, 0.6) is 0 Å². The molecule has 0 aliphatic carbocycles. The maximum atomic E-state index is 6.37. The van der Waals surface area contributed by atoms with Crippen LogP contribution in [0, 0.1) is 0 Å². The van der Waals surface area contributed by atoms with Crippen molar-refractivity contribution in [2.24, 2.45) is 5.73 Å². The van der Waals surface area contributed by atoms with Crippen LogP contribution in [0.25, 0.3) is 0 Å². The van der Waals surface area contributed by atoms with Crippen molar-refractivity contribution in [3.63, 3.8) is 0 Å². The number of nitrogens with two attached hydrogens (primary N) is 1. The molecule has 0 aromatic rings. The second-order valence-corrected chi connectivity index (χ2v) is 13.3. The second kappa shape index (κ2) is 21.5. The molecule has 0 bridgehead atoms. The van der Waals surface area contributed by atoms with Gasteiger partial charge in [0.15, 0.2) is 12.6 Å². The topological polar surface area (TPSA) is 72.2 Å². The molecule has 2 atom stereocenters. The first-order valence-corrected chi connectivity index (χ1v) is 16.7. The Hall–Kier alpha value is 0.620. The number of hydrogen-bond donors (Lipinski definition) is 1. The van der Waals surface area contributed by atoms with Gasteiger partial charge in [0.1, 0.15) is 0 Å². The molecule has 0 spiro atoms. The molecule has 2 N–H and O–H groups in total. The fourth-order valence-corrected chi connectivity index (χ4v) is 6.68. The predicted octanol–water partition coefficient (Wildman–Crippen LogP) is 6.38. The Labute approximate surface area is 221 Å². The maximum absolute atomic E-state index is 6.37. The minimum absolute atomic E-state index is 0.0893. The van der Waals surface area contributed by atoms with E-state index in [0.717, 1.165) is 68.2 Å². The molecule has 0 aromatic carbocycles. The molecule has 0 heterocycles. The monoisotopic (exact) mass is 539 g/mol. The van der Waals surface area contributed by atoms with Gasteiger partial charge in [0, 0.05) is 19.4 Å². The summed E-state index contributed by atoms with van der Waals surface area (Å²) in [7, 11) is 1.77. The van der Waals surface area contributed by atoms with Gasteiger partial charge in [0.25, 0.3) is 0 Å². The highest BCUT2D eigenvalue weighted by atomic mass is 31.1. The van der Waals surface area contributed by atoms with Crippen LogP contribution in [-0.2, 0) is 23.7 Å². The third-order valence-electron chi connectivity index (χ3n) is 5.37. The lowest BCUT2D eigenvalue weighted by molar-refractivity contribution is -0.181. The molecular weight excluding hydrogens is 480 g/mol. The Kier molecular flexibility index (Phi) is 21.9. The van der Waals surface area contributed by atoms with Crippen molar-refractivity contribution in [1.82, 2.24) is 0 Å². The van der Waals surface area contributed by atoms with E-state index < -0.39 is 0 Å². The smallest absolute Gasteiger partial charge is 0.158 e. The molecule has 35 heavy (non-hydrogen) atoms. The van der Waals surface area contributed by atoms with Crippen molar-refractivity contribution in [3.8, 4) is 0 Å². The standard InChI is InChI=1S/C27H59NO5P2/c1-10-29-27(13-16-28,14-19-34-17-11-25(30-21(2)3)31-22(4)5)15-20-35-18-12-26(32-23(6)7)33-24(8)9/h21-26,34-35H,10-20,28H2,1-9H3. The van der Waals surface area contributed by atoms with Crippen LogP contribution >= 0.6 is 17.2 Å². The fraction of sp³-hybridized carbons (Fsp3) is 1.00. The van der Waals surface area contributed by atoms with Gasteiger partial charge in [-0.15, -0.1) is 17.2 Å². The van der Waals surface area contributed by atoms with Gasteiger partial charge < -0.3 is 29.4 Å². The van der Waals surface area contributed by atoms with E-state index in [1.807, 2.05) is 0 Å². The van der Waals surface area contributed by atoms with Gasteiger partial charge in [-0.1, -0.05) is 0 Å². The zero-order chi connectivity index (χ0) is 26.7. The van der Waals surface area contributed by atoms with Gasteiger partial charge in [-0.3, -0.25) is 0 Å². The molecule has 212 valence electrons. The third kappa shape index (κ3) is 20.3. The fourth-order valence-electron chi connectivity index (χ4n) is 4.03. The van der Waals surface area contributed by atoms with Crippen molar-refractivity contribution < 1.29 is 23.7 Å². The minimum Gasteiger partial charge on any atom is -0.375 e. The molecule has 0 rings (SSSR count). The molecule has 0 aliphatic rings. The minimum atomic E-state index is -0.104. The second-order valence-electron chi connectivity index (χ2n) is 10.3. The van der Waals surface area contributed by atoms with Gasteiger partial charge in [-0.25, -0.2) is 0 Å². The summed E-state index contributed by atoms with van der Waals surface area (Å²) in [4.78, 5) is 0. The maximum Gasteiger partial charge on any atom is 0.158 e. The highest BCUT2D eigenvalue weighted by Gasteiger charge is 2.29. The summed E-state index contributed by atoms with van der Waals surface area (Å²) in [6.45, 7) is 20.1. The van der Waals surface area contributed by atoms with E-state index in [-0.39, 0.29) is 42.6 Å². The van der Waals surface area contributed by atoms with Crippen molar-refractivity contribution in [1.29, 1.82) is 0 Å². The van der Waals surface area contributed by atoms with E-state index in [9.17, 15) is 0 Å². The zero-order valence-electron chi connectivity index (χ0n) is 24.4. The van der Waals surface area contributed by atoms with Crippen LogP contribution < -0.4 is 5.73 Å². The molecule has 8 heteroatoms. The Bertz CT molecular complexity index is 418. The molecule has 2 unspecified atom stereocenters. The van der Waals surface area contributed by atoms with Crippen molar-refractivity contribution in [3.05, 3.63) is 0 Å². The van der Waals surface area contributed by atoms with Gasteiger partial charge in [0.2, 0.25) is 0 Å². The quantitative estimate of drug-likeness (QED) is 0.0872. The van der Waals surface area contributed by atoms with E-state index in [1.165, 1.54) is 12.3 Å². The first kappa shape index (κ1) is 35.6. The van der Waals surface area contributed by atoms with E-state index >= 15 is 0 Å². The summed E-state index contributed by atoms with van der Waals surface area (Å²) < 4.78 is 30.1. The first-order chi connectivity index (χ1) is 16.5. The largest absolute Gasteiger partial charge is 0.375 e. The van der Waals surface area contributed by atoms with Crippen LogP contribution in [0.15, 0.2) is 0 Å². The summed E-state index contributed by atoms with van der Waals surface area (Å²) >= 11 is 0. The van der Waals surface area contributed by atoms with Crippen LogP contribution in [0.3, 0.4) is 0 Å². The lowest BCUT2D eigenvalue weighted by Crippen LogP contribution is -2.36. The summed E-state index contributed by atoms with van der Waals surface area (Å²) in [5, 5.41) is 0. The Morgan fingerprint density at radius 1 is 0.600 bits per heavy atom. The average molecular weight is 540 g/mol. The van der Waals surface area contributed by atoms with Crippen LogP contribution in [0.2, 0.25) is 0 Å². The van der Waals surface area contributed by atoms with Crippen molar-refractivity contribution in [2.45, 2.75) is 137 Å². The normalized spacial score (nSPS) is 15.1. The van der Waals surface area contributed by atoms with Gasteiger partial charge >= 0.3 is 0 Å². The van der Waals surface area contributed by atoms with Gasteiger partial charge in [-0.2, -0.15) is 0 Å². The Balaban J connectivity index is 4.58. The number of rotatable bonds is 24. The van der Waals surface area contributed by atoms with Gasteiger partial charge in [-0.05, 0) is 113 Å². The Morgan fingerprint density at radius 2 is 0.971 bits per heavy atom. The SMILES string of the molecule is CCOC(CCN)(CCPCCC(OC(C)C)OC(C)C)CCPCCC(OC(C)C)OC(C)C. The molecule has 6 nitrogen and oxygen atoms in total. The van der Waals surface area contributed by atoms with Gasteiger partial charge in [0.05, 0.1) is 30.0 Å². The van der Waals surface area contributed by atoms with Crippen molar-refractivity contribution >= 4 is 17.2 Å². The van der Waals surface area contributed by atoms with Crippen LogP contribution in [0.1, 0.15) is 94.4 Å². The molecule has 0 radical (unpaired) electrons. The number of hydrogen-bond acceptors (Lipinski definition) is 6. The molecule has 0 aliphatic heterocycles. The molecule has 0 saturated carbocycles. The summed E-state index contributed by atoms with van der Waals surface area (Å²) in [5.41, 5.74) is 5.94. The molecule has 0 amide bonds. The molecule has 0 fully saturated rings. The van der Waals surface area contributed by atoms with E-state index in [1.54, 1.807) is 0 Å². The molecular formula is C27H59NO5P2.